The highest BCUT2D eigenvalue weighted by molar-refractivity contribution is 9.10. The summed E-state index contributed by atoms with van der Waals surface area (Å²) in [5.41, 5.74) is -0.970. The van der Waals surface area contributed by atoms with E-state index in [1.54, 1.807) is 85.2 Å². The first kappa shape index (κ1) is 38.5. The number of ether oxygens (including phenoxy) is 3. The van der Waals surface area contributed by atoms with Gasteiger partial charge >= 0.3 is 18.3 Å². The number of hydrogen-bond acceptors (Lipinski definition) is 11. The lowest BCUT2D eigenvalue weighted by Crippen LogP contribution is -2.45. The normalized spacial score (nSPS) is 14.0. The minimum atomic E-state index is -0.838. The van der Waals surface area contributed by atoms with Gasteiger partial charge < -0.3 is 19.5 Å². The van der Waals surface area contributed by atoms with E-state index in [1.165, 1.54) is 11.1 Å². The molecular weight excluding hydrogens is 710 g/mol. The zero-order valence-electron chi connectivity index (χ0n) is 30.5. The minimum Gasteiger partial charge on any atom is -0.443 e. The molecule has 50 heavy (non-hydrogen) atoms. The monoisotopic (exact) mass is 757 g/mol. The summed E-state index contributed by atoms with van der Waals surface area (Å²) in [4.78, 5) is 68.8. The second kappa shape index (κ2) is 14.9. The molecule has 1 fully saturated rings. The molecule has 3 aromatic rings. The Bertz CT molecular complexity index is 1760. The lowest BCUT2D eigenvalue weighted by atomic mass is 10.1. The van der Waals surface area contributed by atoms with Gasteiger partial charge in [-0.1, -0.05) is 12.8 Å². The smallest absolute Gasteiger partial charge is 0.423 e. The van der Waals surface area contributed by atoms with Crippen LogP contribution in [0.1, 0.15) is 99.6 Å². The zero-order chi connectivity index (χ0) is 37.2. The molecule has 14 nitrogen and oxygen atoms in total. The Morgan fingerprint density at radius 1 is 0.880 bits per heavy atom. The van der Waals surface area contributed by atoms with Crippen LogP contribution in [0.2, 0.25) is 0 Å². The SMILES string of the molecule is Cc1c(Br)c(=O)n(C2CCCC2)c2nc(N(C(=O)OC(C)(C)C)c3ccc(NCCN(C(=O)OC(C)(C)C)C(=O)OC(C)(C)C)cn3)ncc12. The van der Waals surface area contributed by atoms with Gasteiger partial charge in [-0.2, -0.15) is 9.88 Å². The largest absolute Gasteiger partial charge is 0.443 e. The van der Waals surface area contributed by atoms with Gasteiger partial charge in [0.05, 0.1) is 22.9 Å². The number of rotatable bonds is 7. The number of pyridine rings is 2. The van der Waals surface area contributed by atoms with Gasteiger partial charge in [0, 0.05) is 24.2 Å². The molecule has 0 bridgehead atoms. The average Bonchev–Trinajstić information content (AvgIpc) is 3.51. The van der Waals surface area contributed by atoms with Crippen molar-refractivity contribution in [1.29, 1.82) is 0 Å². The van der Waals surface area contributed by atoms with Crippen LogP contribution >= 0.6 is 15.9 Å². The van der Waals surface area contributed by atoms with Gasteiger partial charge in [-0.15, -0.1) is 0 Å². The molecule has 0 aliphatic heterocycles. The first-order valence-corrected chi connectivity index (χ1v) is 17.5. The molecule has 0 unspecified atom stereocenters. The van der Waals surface area contributed by atoms with Gasteiger partial charge in [0.2, 0.25) is 5.95 Å². The highest BCUT2D eigenvalue weighted by Crippen LogP contribution is 2.34. The molecule has 15 heteroatoms. The number of aromatic nitrogens is 4. The van der Waals surface area contributed by atoms with Crippen LogP contribution < -0.4 is 15.8 Å². The summed E-state index contributed by atoms with van der Waals surface area (Å²) in [6.07, 6.45) is 4.42. The molecule has 0 atom stereocenters. The topological polar surface area (TPSA) is 158 Å². The molecule has 3 heterocycles. The molecule has 0 saturated heterocycles. The van der Waals surface area contributed by atoms with Crippen molar-refractivity contribution in [1.82, 2.24) is 24.4 Å². The lowest BCUT2D eigenvalue weighted by molar-refractivity contribution is 0.00221. The van der Waals surface area contributed by atoms with E-state index in [0.29, 0.717) is 26.8 Å². The van der Waals surface area contributed by atoms with Crippen molar-refractivity contribution >= 4 is 62.7 Å². The number of imide groups is 1. The Labute approximate surface area is 301 Å². The van der Waals surface area contributed by atoms with Crippen molar-refractivity contribution < 1.29 is 28.6 Å². The summed E-state index contributed by atoms with van der Waals surface area (Å²) in [5, 5.41) is 3.83. The van der Waals surface area contributed by atoms with Crippen LogP contribution in [0.5, 0.6) is 0 Å². The summed E-state index contributed by atoms with van der Waals surface area (Å²) in [7, 11) is 0. The molecule has 3 aromatic heterocycles. The maximum Gasteiger partial charge on any atom is 0.423 e. The van der Waals surface area contributed by atoms with Crippen LogP contribution in [0, 0.1) is 6.92 Å². The Morgan fingerprint density at radius 3 is 1.96 bits per heavy atom. The van der Waals surface area contributed by atoms with Crippen molar-refractivity contribution in [3.63, 3.8) is 0 Å². The molecule has 0 spiro atoms. The van der Waals surface area contributed by atoms with Gasteiger partial charge in [0.1, 0.15) is 28.3 Å². The van der Waals surface area contributed by atoms with Gasteiger partial charge in [0.15, 0.2) is 0 Å². The van der Waals surface area contributed by atoms with E-state index in [4.69, 9.17) is 19.2 Å². The Kier molecular flexibility index (Phi) is 11.5. The van der Waals surface area contributed by atoms with Crippen molar-refractivity contribution in [2.45, 2.75) is 118 Å². The fraction of sp³-hybridized carbons (Fsp3) is 0.571. The van der Waals surface area contributed by atoms with E-state index < -0.39 is 35.1 Å². The maximum atomic E-state index is 13.7. The third kappa shape index (κ3) is 9.70. The van der Waals surface area contributed by atoms with E-state index in [9.17, 15) is 19.2 Å². The Hall–Kier alpha value is -4.27. The number of nitrogens with one attached hydrogen (secondary N) is 1. The molecule has 272 valence electrons. The minimum absolute atomic E-state index is 0.00167. The third-order valence-electron chi connectivity index (χ3n) is 7.46. The van der Waals surface area contributed by atoms with Gasteiger partial charge in [-0.3, -0.25) is 9.36 Å². The van der Waals surface area contributed by atoms with Crippen LogP contribution in [-0.2, 0) is 14.2 Å². The number of anilines is 3. The molecular formula is C35H48BrN7O7. The van der Waals surface area contributed by atoms with Gasteiger partial charge in [0.25, 0.3) is 5.56 Å². The van der Waals surface area contributed by atoms with E-state index in [0.717, 1.165) is 30.6 Å². The van der Waals surface area contributed by atoms with Crippen LogP contribution in [0.4, 0.5) is 31.8 Å². The predicted molar refractivity (Wildman–Crippen MR) is 194 cm³/mol. The summed E-state index contributed by atoms with van der Waals surface area (Å²) in [5.74, 6) is 0.176. The van der Waals surface area contributed by atoms with Crippen LogP contribution in [0.3, 0.4) is 0 Å². The Balaban J connectivity index is 1.64. The van der Waals surface area contributed by atoms with E-state index >= 15 is 0 Å². The first-order chi connectivity index (χ1) is 23.1. The van der Waals surface area contributed by atoms with Crippen molar-refractivity contribution in [3.05, 3.63) is 44.9 Å². The van der Waals surface area contributed by atoms with E-state index in [1.807, 2.05) is 6.92 Å². The van der Waals surface area contributed by atoms with Crippen molar-refractivity contribution in [2.24, 2.45) is 0 Å². The summed E-state index contributed by atoms with van der Waals surface area (Å²) < 4.78 is 18.7. The van der Waals surface area contributed by atoms with Gasteiger partial charge in [-0.05, 0) is 116 Å². The fourth-order valence-corrected chi connectivity index (χ4v) is 5.72. The predicted octanol–water partition coefficient (Wildman–Crippen LogP) is 8.03. The van der Waals surface area contributed by atoms with E-state index in [2.05, 4.69) is 31.2 Å². The number of carbonyl (C=O) groups is 3. The molecule has 1 aliphatic carbocycles. The highest BCUT2D eigenvalue weighted by atomic mass is 79.9. The summed E-state index contributed by atoms with van der Waals surface area (Å²) in [6.45, 7) is 17.4. The number of fused-ring (bicyclic) bond motifs is 1. The second-order valence-corrected chi connectivity index (χ2v) is 16.0. The van der Waals surface area contributed by atoms with Crippen LogP contribution in [0.15, 0.2) is 33.8 Å². The lowest BCUT2D eigenvalue weighted by Gasteiger charge is -2.28. The molecule has 1 N–H and O–H groups in total. The average molecular weight is 759 g/mol. The number of hydrogen-bond donors (Lipinski definition) is 1. The fourth-order valence-electron chi connectivity index (χ4n) is 5.31. The third-order valence-corrected chi connectivity index (χ3v) is 8.39. The number of amides is 3. The number of aryl methyl sites for hydroxylation is 1. The summed E-state index contributed by atoms with van der Waals surface area (Å²) in [6, 6.07) is 3.25. The number of halogens is 1. The second-order valence-electron chi connectivity index (χ2n) is 15.2. The van der Waals surface area contributed by atoms with Crippen LogP contribution in [0.25, 0.3) is 11.0 Å². The number of nitrogens with zero attached hydrogens (tertiary/aromatic N) is 6. The van der Waals surface area contributed by atoms with Crippen LogP contribution in [-0.4, -0.2) is 72.6 Å². The Morgan fingerprint density at radius 2 is 1.44 bits per heavy atom. The van der Waals surface area contributed by atoms with E-state index in [-0.39, 0.29) is 36.5 Å². The molecule has 4 rings (SSSR count). The maximum absolute atomic E-state index is 13.7. The molecule has 1 saturated carbocycles. The molecule has 3 amide bonds. The molecule has 1 aliphatic rings. The quantitative estimate of drug-likeness (QED) is 0.233. The summed E-state index contributed by atoms with van der Waals surface area (Å²) >= 11 is 3.47. The molecule has 0 aromatic carbocycles. The standard InChI is InChI=1S/C35H48BrN7O7/c1-21-24-20-39-29(40-27(24)42(28(44)26(21)36)23-13-11-12-14-23)43(32(47)50-35(8,9)10)25-16-15-22(19-38-25)37-17-18-41(30(45)48-33(2,3)4)31(46)49-34(5,6)7/h15-16,19-20,23,37H,11-14,17-18H2,1-10H3. The first-order valence-electron chi connectivity index (χ1n) is 16.7. The van der Waals surface area contributed by atoms with Crippen molar-refractivity contribution in [2.75, 3.05) is 23.3 Å². The zero-order valence-corrected chi connectivity index (χ0v) is 32.1. The number of carbonyl (C=O) groups excluding carboxylic acids is 3. The molecule has 0 radical (unpaired) electrons. The van der Waals surface area contributed by atoms with Gasteiger partial charge in [-0.25, -0.2) is 29.3 Å². The highest BCUT2D eigenvalue weighted by Gasteiger charge is 2.32. The van der Waals surface area contributed by atoms with Crippen molar-refractivity contribution in [3.8, 4) is 0 Å².